The fourth-order valence-electron chi connectivity index (χ4n) is 4.14. The standard InChI is InChI=1S/C27H31N5O5/c1-4-32-11-6-23(30-32)29-24(33)19-13-21(15-22(14-19)37-27(7-8-27)17-35-3)36-25-18(2)12-20(16-28-25)26(34)31-9-5-10-31/h6,11-16H,4-5,7-10,17H2,1-3H3,(H,29,30,33). The summed E-state index contributed by atoms with van der Waals surface area (Å²) in [7, 11) is 1.64. The topological polar surface area (TPSA) is 108 Å². The zero-order valence-electron chi connectivity index (χ0n) is 21.3. The molecule has 37 heavy (non-hydrogen) atoms. The highest BCUT2D eigenvalue weighted by Gasteiger charge is 2.45. The molecule has 0 unspecified atom stereocenters. The van der Waals surface area contributed by atoms with Gasteiger partial charge in [0.05, 0.1) is 12.2 Å². The highest BCUT2D eigenvalue weighted by atomic mass is 16.5. The van der Waals surface area contributed by atoms with Crippen LogP contribution in [-0.2, 0) is 11.3 Å². The Balaban J connectivity index is 1.39. The molecule has 2 aromatic heterocycles. The fraction of sp³-hybridized carbons (Fsp3) is 0.407. The average Bonchev–Trinajstić information content (AvgIpc) is 3.43. The molecule has 0 atom stereocenters. The van der Waals surface area contributed by atoms with Crippen molar-refractivity contribution in [3.05, 3.63) is 59.4 Å². The van der Waals surface area contributed by atoms with Crippen molar-refractivity contribution in [2.24, 2.45) is 0 Å². The fourth-order valence-corrected chi connectivity index (χ4v) is 4.14. The third-order valence-electron chi connectivity index (χ3n) is 6.53. The van der Waals surface area contributed by atoms with E-state index in [-0.39, 0.29) is 11.8 Å². The quantitative estimate of drug-likeness (QED) is 0.443. The molecule has 1 saturated carbocycles. The molecular weight excluding hydrogens is 474 g/mol. The highest BCUT2D eigenvalue weighted by Crippen LogP contribution is 2.41. The number of likely N-dealkylation sites (tertiary alicyclic amines) is 1. The van der Waals surface area contributed by atoms with Crippen LogP contribution in [-0.4, -0.2) is 63.9 Å². The minimum absolute atomic E-state index is 0.0267. The van der Waals surface area contributed by atoms with E-state index in [0.29, 0.717) is 53.0 Å². The first kappa shape index (κ1) is 24.8. The molecule has 0 radical (unpaired) electrons. The third kappa shape index (κ3) is 5.59. The Labute approximate surface area is 215 Å². The summed E-state index contributed by atoms with van der Waals surface area (Å²) in [5, 5.41) is 7.15. The van der Waals surface area contributed by atoms with Gasteiger partial charge in [0, 0.05) is 62.4 Å². The molecule has 0 spiro atoms. The molecule has 2 aliphatic rings. The maximum absolute atomic E-state index is 13.1. The highest BCUT2D eigenvalue weighted by molar-refractivity contribution is 6.04. The Hall–Kier alpha value is -3.92. The molecule has 3 heterocycles. The molecule has 0 bridgehead atoms. The van der Waals surface area contributed by atoms with E-state index in [4.69, 9.17) is 14.2 Å². The van der Waals surface area contributed by atoms with Crippen molar-refractivity contribution < 1.29 is 23.8 Å². The summed E-state index contributed by atoms with van der Waals surface area (Å²) < 4.78 is 19.4. The number of hydrogen-bond donors (Lipinski definition) is 1. The lowest BCUT2D eigenvalue weighted by Crippen LogP contribution is -2.42. The van der Waals surface area contributed by atoms with Crippen LogP contribution < -0.4 is 14.8 Å². The molecule has 3 aromatic rings. The molecule has 1 aliphatic heterocycles. The molecule has 10 heteroatoms. The third-order valence-corrected chi connectivity index (χ3v) is 6.53. The number of rotatable bonds is 10. The van der Waals surface area contributed by atoms with Crippen LogP contribution in [0, 0.1) is 6.92 Å². The van der Waals surface area contributed by atoms with Crippen molar-refractivity contribution in [1.29, 1.82) is 0 Å². The van der Waals surface area contributed by atoms with Crippen molar-refractivity contribution >= 4 is 17.6 Å². The predicted octanol–water partition coefficient (Wildman–Crippen LogP) is 4.05. The number of methoxy groups -OCH3 is 1. The molecule has 1 saturated heterocycles. The van der Waals surface area contributed by atoms with Crippen LogP contribution in [0.1, 0.15) is 52.5 Å². The van der Waals surface area contributed by atoms with Crippen LogP contribution in [0.3, 0.4) is 0 Å². The van der Waals surface area contributed by atoms with E-state index in [1.54, 1.807) is 53.2 Å². The number of nitrogens with zero attached hydrogens (tertiary/aromatic N) is 4. The van der Waals surface area contributed by atoms with Crippen LogP contribution in [0.25, 0.3) is 0 Å². The van der Waals surface area contributed by atoms with Gasteiger partial charge in [-0.25, -0.2) is 4.98 Å². The van der Waals surface area contributed by atoms with E-state index in [9.17, 15) is 9.59 Å². The first-order valence-electron chi connectivity index (χ1n) is 12.5. The molecule has 10 nitrogen and oxygen atoms in total. The molecule has 1 aromatic carbocycles. The molecular formula is C27H31N5O5. The normalized spacial score (nSPS) is 15.6. The number of benzene rings is 1. The van der Waals surface area contributed by atoms with Crippen molar-refractivity contribution in [3.63, 3.8) is 0 Å². The number of ether oxygens (including phenoxy) is 3. The van der Waals surface area contributed by atoms with Gasteiger partial charge in [-0.2, -0.15) is 5.10 Å². The van der Waals surface area contributed by atoms with Gasteiger partial charge in [0.25, 0.3) is 11.8 Å². The van der Waals surface area contributed by atoms with Crippen LogP contribution >= 0.6 is 0 Å². The van der Waals surface area contributed by atoms with E-state index in [1.807, 2.05) is 13.8 Å². The number of nitrogens with one attached hydrogen (secondary N) is 1. The smallest absolute Gasteiger partial charge is 0.257 e. The van der Waals surface area contributed by atoms with Gasteiger partial charge in [-0.15, -0.1) is 0 Å². The predicted molar refractivity (Wildman–Crippen MR) is 136 cm³/mol. The number of pyridine rings is 1. The van der Waals surface area contributed by atoms with Crippen LogP contribution in [0.15, 0.2) is 42.7 Å². The summed E-state index contributed by atoms with van der Waals surface area (Å²) in [6, 6.07) is 8.57. The summed E-state index contributed by atoms with van der Waals surface area (Å²) in [6.45, 7) is 6.52. The van der Waals surface area contributed by atoms with E-state index < -0.39 is 5.60 Å². The zero-order chi connectivity index (χ0) is 26.0. The number of aromatic nitrogens is 3. The number of anilines is 1. The largest absolute Gasteiger partial charge is 0.485 e. The number of carbonyl (C=O) groups excluding carboxylic acids is 2. The molecule has 1 aliphatic carbocycles. The molecule has 2 amide bonds. The molecule has 5 rings (SSSR count). The number of hydrogen-bond acceptors (Lipinski definition) is 7. The maximum atomic E-state index is 13.1. The van der Waals surface area contributed by atoms with Gasteiger partial charge >= 0.3 is 0 Å². The Kier molecular flexibility index (Phi) is 6.84. The van der Waals surface area contributed by atoms with Gasteiger partial charge in [0.2, 0.25) is 5.88 Å². The summed E-state index contributed by atoms with van der Waals surface area (Å²) in [6.07, 6.45) is 6.10. The number of amides is 2. The van der Waals surface area contributed by atoms with Gasteiger partial charge in [-0.05, 0) is 51.3 Å². The maximum Gasteiger partial charge on any atom is 0.257 e. The van der Waals surface area contributed by atoms with Gasteiger partial charge in [-0.3, -0.25) is 14.3 Å². The van der Waals surface area contributed by atoms with Crippen LogP contribution in [0.4, 0.5) is 5.82 Å². The SMILES string of the molecule is CCn1ccc(NC(=O)c2cc(Oc3ncc(C(=O)N4CCC4)cc3C)cc(OC3(COC)CC3)c2)n1. The van der Waals surface area contributed by atoms with Gasteiger partial charge < -0.3 is 24.4 Å². The molecule has 194 valence electrons. The summed E-state index contributed by atoms with van der Waals surface area (Å²) >= 11 is 0. The lowest BCUT2D eigenvalue weighted by molar-refractivity contribution is 0.0636. The first-order valence-corrected chi connectivity index (χ1v) is 12.5. The summed E-state index contributed by atoms with van der Waals surface area (Å²) in [5.41, 5.74) is 1.21. The minimum Gasteiger partial charge on any atom is -0.485 e. The monoisotopic (exact) mass is 505 g/mol. The molecule has 2 fully saturated rings. The van der Waals surface area contributed by atoms with Crippen molar-refractivity contribution in [3.8, 4) is 17.4 Å². The van der Waals surface area contributed by atoms with Crippen molar-refractivity contribution in [2.75, 3.05) is 32.1 Å². The second-order valence-corrected chi connectivity index (χ2v) is 9.52. The van der Waals surface area contributed by atoms with E-state index in [2.05, 4.69) is 15.4 Å². The van der Waals surface area contributed by atoms with Gasteiger partial charge in [-0.1, -0.05) is 0 Å². The Bertz CT molecular complexity index is 1310. The lowest BCUT2D eigenvalue weighted by Gasteiger charge is -2.30. The Morgan fingerprint density at radius 1 is 1.11 bits per heavy atom. The second kappa shape index (κ2) is 10.2. The van der Waals surface area contributed by atoms with Gasteiger partial charge in [0.15, 0.2) is 5.82 Å². The Morgan fingerprint density at radius 3 is 2.51 bits per heavy atom. The summed E-state index contributed by atoms with van der Waals surface area (Å²) in [5.74, 6) is 1.34. The minimum atomic E-state index is -0.395. The summed E-state index contributed by atoms with van der Waals surface area (Å²) in [4.78, 5) is 31.8. The van der Waals surface area contributed by atoms with Gasteiger partial charge in [0.1, 0.15) is 17.1 Å². The number of carbonyl (C=O) groups is 2. The van der Waals surface area contributed by atoms with Crippen molar-refractivity contribution in [2.45, 2.75) is 45.3 Å². The van der Waals surface area contributed by atoms with Crippen molar-refractivity contribution in [1.82, 2.24) is 19.7 Å². The first-order chi connectivity index (χ1) is 17.9. The van der Waals surface area contributed by atoms with E-state index >= 15 is 0 Å². The zero-order valence-corrected chi connectivity index (χ0v) is 21.3. The molecule has 1 N–H and O–H groups in total. The van der Waals surface area contributed by atoms with Crippen LogP contribution in [0.5, 0.6) is 17.4 Å². The number of aryl methyl sites for hydroxylation is 2. The Morgan fingerprint density at radius 2 is 1.89 bits per heavy atom. The average molecular weight is 506 g/mol. The van der Waals surface area contributed by atoms with Crippen LogP contribution in [0.2, 0.25) is 0 Å². The second-order valence-electron chi connectivity index (χ2n) is 9.52. The van der Waals surface area contributed by atoms with E-state index in [1.165, 1.54) is 6.20 Å². The lowest BCUT2D eigenvalue weighted by atomic mass is 10.1. The van der Waals surface area contributed by atoms with E-state index in [0.717, 1.165) is 32.4 Å².